The highest BCUT2D eigenvalue weighted by atomic mass is 79.9. The lowest BCUT2D eigenvalue weighted by Crippen LogP contribution is -1.99. The van der Waals surface area contributed by atoms with Crippen LogP contribution in [0.15, 0.2) is 45.7 Å². The van der Waals surface area contributed by atoms with Crippen molar-refractivity contribution in [2.75, 3.05) is 0 Å². The fourth-order valence-electron chi connectivity index (χ4n) is 1.33. The summed E-state index contributed by atoms with van der Waals surface area (Å²) in [6.07, 6.45) is 2.13. The van der Waals surface area contributed by atoms with Crippen molar-refractivity contribution in [2.45, 2.75) is 6.10 Å². The van der Waals surface area contributed by atoms with Gasteiger partial charge in [-0.3, -0.25) is 0 Å². The number of hydrogen-bond donors (Lipinski definition) is 1. The van der Waals surface area contributed by atoms with Gasteiger partial charge in [0.15, 0.2) is 0 Å². The molecule has 0 aliphatic rings. The molecule has 78 valence electrons. The van der Waals surface area contributed by atoms with E-state index in [1.807, 2.05) is 0 Å². The highest BCUT2D eigenvalue weighted by Gasteiger charge is 2.14. The molecule has 2 aromatic rings. The Hall–Kier alpha value is -1.13. The Bertz CT molecular complexity index is 454. The molecule has 0 radical (unpaired) electrons. The fourth-order valence-corrected chi connectivity index (χ4v) is 1.90. The van der Waals surface area contributed by atoms with E-state index in [1.165, 1.54) is 30.7 Å². The van der Waals surface area contributed by atoms with Crippen LogP contribution in [0.5, 0.6) is 0 Å². The minimum absolute atomic E-state index is 0.343. The molecule has 0 fully saturated rings. The lowest BCUT2D eigenvalue weighted by molar-refractivity contribution is 0.218. The van der Waals surface area contributed by atoms with Crippen LogP contribution < -0.4 is 0 Å². The maximum Gasteiger partial charge on any atom is 0.124 e. The van der Waals surface area contributed by atoms with E-state index in [4.69, 9.17) is 4.42 Å². The van der Waals surface area contributed by atoms with E-state index in [1.54, 1.807) is 6.07 Å². The normalized spacial score (nSPS) is 12.7. The van der Waals surface area contributed by atoms with Crippen LogP contribution in [-0.4, -0.2) is 5.11 Å². The van der Waals surface area contributed by atoms with E-state index in [0.29, 0.717) is 15.6 Å². The number of benzene rings is 1. The first-order valence-corrected chi connectivity index (χ1v) is 5.13. The minimum Gasteiger partial charge on any atom is -0.472 e. The topological polar surface area (TPSA) is 33.4 Å². The summed E-state index contributed by atoms with van der Waals surface area (Å²) in [6.45, 7) is 0. The molecule has 1 unspecified atom stereocenters. The summed E-state index contributed by atoms with van der Waals surface area (Å²) in [6, 6.07) is 5.83. The third kappa shape index (κ3) is 2.11. The Balaban J connectivity index is 2.38. The Kier molecular flexibility index (Phi) is 2.88. The monoisotopic (exact) mass is 270 g/mol. The van der Waals surface area contributed by atoms with Crippen molar-refractivity contribution in [3.63, 3.8) is 0 Å². The summed E-state index contributed by atoms with van der Waals surface area (Å²) in [5.41, 5.74) is 1.25. The van der Waals surface area contributed by atoms with Gasteiger partial charge in [-0.25, -0.2) is 4.39 Å². The molecule has 2 rings (SSSR count). The fraction of sp³-hybridized carbons (Fsp3) is 0.0909. The highest BCUT2D eigenvalue weighted by molar-refractivity contribution is 9.10. The third-order valence-electron chi connectivity index (χ3n) is 2.12. The highest BCUT2D eigenvalue weighted by Crippen LogP contribution is 2.29. The van der Waals surface area contributed by atoms with Crippen molar-refractivity contribution in [2.24, 2.45) is 0 Å². The molecule has 1 aromatic heterocycles. The van der Waals surface area contributed by atoms with Crippen LogP contribution >= 0.6 is 15.9 Å². The predicted octanol–water partition coefficient (Wildman–Crippen LogP) is 3.26. The van der Waals surface area contributed by atoms with Crippen molar-refractivity contribution in [1.82, 2.24) is 0 Å². The van der Waals surface area contributed by atoms with Gasteiger partial charge in [0.25, 0.3) is 0 Å². The molecule has 0 spiro atoms. The number of hydrogen-bond acceptors (Lipinski definition) is 2. The maximum atomic E-state index is 12.8. The molecular formula is C11H8BrFO2. The first kappa shape index (κ1) is 10.4. The number of furan rings is 1. The Labute approximate surface area is 94.5 Å². The summed E-state index contributed by atoms with van der Waals surface area (Å²) in [7, 11) is 0. The van der Waals surface area contributed by atoms with Gasteiger partial charge in [0.1, 0.15) is 11.9 Å². The van der Waals surface area contributed by atoms with E-state index < -0.39 is 6.10 Å². The standard InChI is InChI=1S/C11H8BrFO2/c12-10-5-8(13)1-2-9(10)11(14)7-3-4-15-6-7/h1-6,11,14H. The van der Waals surface area contributed by atoms with Crippen LogP contribution in [0.25, 0.3) is 0 Å². The molecule has 1 atom stereocenters. The number of rotatable bonds is 2. The van der Waals surface area contributed by atoms with Crippen molar-refractivity contribution < 1.29 is 13.9 Å². The molecule has 0 saturated heterocycles. The lowest BCUT2D eigenvalue weighted by atomic mass is 10.0. The maximum absolute atomic E-state index is 12.8. The molecular weight excluding hydrogens is 263 g/mol. The predicted molar refractivity (Wildman–Crippen MR) is 56.9 cm³/mol. The molecule has 0 aliphatic heterocycles. The van der Waals surface area contributed by atoms with E-state index in [9.17, 15) is 9.50 Å². The van der Waals surface area contributed by atoms with Gasteiger partial charge in [-0.05, 0) is 23.8 Å². The second-order valence-electron chi connectivity index (χ2n) is 3.13. The molecule has 1 aromatic carbocycles. The molecule has 4 heteroatoms. The Morgan fingerprint density at radius 1 is 1.33 bits per heavy atom. The van der Waals surface area contributed by atoms with E-state index >= 15 is 0 Å². The lowest BCUT2D eigenvalue weighted by Gasteiger charge is -2.10. The molecule has 2 nitrogen and oxygen atoms in total. The van der Waals surface area contributed by atoms with Crippen molar-refractivity contribution in [1.29, 1.82) is 0 Å². The van der Waals surface area contributed by atoms with Gasteiger partial charge in [0.2, 0.25) is 0 Å². The van der Waals surface area contributed by atoms with Gasteiger partial charge < -0.3 is 9.52 Å². The summed E-state index contributed by atoms with van der Waals surface area (Å²) >= 11 is 3.20. The van der Waals surface area contributed by atoms with Crippen molar-refractivity contribution in [3.05, 3.63) is 58.2 Å². The molecule has 0 saturated carbocycles. The molecule has 0 bridgehead atoms. The van der Waals surface area contributed by atoms with Gasteiger partial charge in [0.05, 0.1) is 12.5 Å². The van der Waals surface area contributed by atoms with Crippen molar-refractivity contribution >= 4 is 15.9 Å². The SMILES string of the molecule is OC(c1ccoc1)c1ccc(F)cc1Br. The van der Waals surface area contributed by atoms with Gasteiger partial charge >= 0.3 is 0 Å². The summed E-state index contributed by atoms with van der Waals surface area (Å²) in [5, 5.41) is 9.94. The van der Waals surface area contributed by atoms with Gasteiger partial charge in [-0.2, -0.15) is 0 Å². The Morgan fingerprint density at radius 2 is 2.13 bits per heavy atom. The third-order valence-corrected chi connectivity index (χ3v) is 2.80. The van der Waals surface area contributed by atoms with Gasteiger partial charge in [0, 0.05) is 10.0 Å². The molecule has 0 aliphatic carbocycles. The molecule has 1 N–H and O–H groups in total. The van der Waals surface area contributed by atoms with E-state index in [-0.39, 0.29) is 5.82 Å². The molecule has 15 heavy (non-hydrogen) atoms. The second kappa shape index (κ2) is 4.16. The number of aliphatic hydroxyl groups is 1. The minimum atomic E-state index is -0.807. The first-order valence-electron chi connectivity index (χ1n) is 4.33. The van der Waals surface area contributed by atoms with Crippen LogP contribution in [0.3, 0.4) is 0 Å². The second-order valence-corrected chi connectivity index (χ2v) is 3.98. The van der Waals surface area contributed by atoms with Gasteiger partial charge in [-0.1, -0.05) is 22.0 Å². The smallest absolute Gasteiger partial charge is 0.124 e. The average molecular weight is 271 g/mol. The Morgan fingerprint density at radius 3 is 2.73 bits per heavy atom. The summed E-state index contributed by atoms with van der Waals surface area (Å²) < 4.78 is 18.2. The quantitative estimate of drug-likeness (QED) is 0.909. The van der Waals surface area contributed by atoms with E-state index in [2.05, 4.69) is 15.9 Å². The zero-order valence-corrected chi connectivity index (χ0v) is 9.24. The average Bonchev–Trinajstić information content (AvgIpc) is 2.69. The van der Waals surface area contributed by atoms with Crippen LogP contribution in [-0.2, 0) is 0 Å². The van der Waals surface area contributed by atoms with Crippen LogP contribution in [0.1, 0.15) is 17.2 Å². The summed E-state index contributed by atoms with van der Waals surface area (Å²) in [5.74, 6) is -0.343. The zero-order valence-electron chi connectivity index (χ0n) is 7.65. The zero-order chi connectivity index (χ0) is 10.8. The van der Waals surface area contributed by atoms with Crippen LogP contribution in [0.2, 0.25) is 0 Å². The van der Waals surface area contributed by atoms with Crippen LogP contribution in [0, 0.1) is 5.82 Å². The van der Waals surface area contributed by atoms with E-state index in [0.717, 1.165) is 0 Å². The van der Waals surface area contributed by atoms with Gasteiger partial charge in [-0.15, -0.1) is 0 Å². The molecule has 1 heterocycles. The van der Waals surface area contributed by atoms with Crippen molar-refractivity contribution in [3.8, 4) is 0 Å². The largest absolute Gasteiger partial charge is 0.472 e. The number of halogens is 2. The first-order chi connectivity index (χ1) is 7.18. The summed E-state index contributed by atoms with van der Waals surface area (Å²) in [4.78, 5) is 0. The number of aliphatic hydroxyl groups excluding tert-OH is 1. The molecule has 0 amide bonds. The van der Waals surface area contributed by atoms with Crippen LogP contribution in [0.4, 0.5) is 4.39 Å².